The largest absolute Gasteiger partial charge is 0.464 e. The zero-order valence-electron chi connectivity index (χ0n) is 11.2. The van der Waals surface area contributed by atoms with Gasteiger partial charge in [0.25, 0.3) is 0 Å². The minimum atomic E-state index is -0.301. The number of hydrogen-bond donors (Lipinski definition) is 0. The average molecular weight is 264 g/mol. The lowest BCUT2D eigenvalue weighted by atomic mass is 10.1. The van der Waals surface area contributed by atoms with E-state index < -0.39 is 0 Å². The molecule has 4 heteroatoms. The molecule has 1 aliphatic rings. The first kappa shape index (κ1) is 14.0. The Hall–Kier alpha value is -1.39. The molecule has 1 fully saturated rings. The van der Waals surface area contributed by atoms with E-state index in [0.717, 1.165) is 18.4 Å². The number of hydrogen-bond acceptors (Lipinski definition) is 4. The van der Waals surface area contributed by atoms with E-state index in [4.69, 9.17) is 14.2 Å². The highest BCUT2D eigenvalue weighted by molar-refractivity contribution is 5.70. The number of ether oxygens (including phenoxy) is 3. The van der Waals surface area contributed by atoms with Gasteiger partial charge in [-0.2, -0.15) is 0 Å². The van der Waals surface area contributed by atoms with E-state index in [-0.39, 0.29) is 24.8 Å². The fourth-order valence-electron chi connectivity index (χ4n) is 1.84. The van der Waals surface area contributed by atoms with Gasteiger partial charge >= 0.3 is 5.97 Å². The predicted octanol–water partition coefficient (Wildman–Crippen LogP) is 2.49. The Morgan fingerprint density at radius 1 is 1.32 bits per heavy atom. The van der Waals surface area contributed by atoms with E-state index >= 15 is 0 Å². The maximum Gasteiger partial charge on any atom is 0.332 e. The number of benzene rings is 1. The molecule has 0 N–H and O–H groups in total. The van der Waals surface area contributed by atoms with Crippen LogP contribution in [0.4, 0.5) is 0 Å². The molecule has 1 saturated heterocycles. The number of rotatable bonds is 8. The van der Waals surface area contributed by atoms with Gasteiger partial charge in [-0.15, -0.1) is 0 Å². The van der Waals surface area contributed by atoms with Crippen LogP contribution in [0.1, 0.15) is 31.4 Å². The average Bonchev–Trinajstić information content (AvgIpc) is 3.20. The Labute approximate surface area is 113 Å². The normalized spacial score (nSPS) is 21.1. The molecule has 0 spiro atoms. The summed E-state index contributed by atoms with van der Waals surface area (Å²) in [5, 5.41) is 0. The smallest absolute Gasteiger partial charge is 0.332 e. The van der Waals surface area contributed by atoms with E-state index in [9.17, 15) is 4.79 Å². The second-order valence-electron chi connectivity index (χ2n) is 4.59. The van der Waals surface area contributed by atoms with Crippen LogP contribution in [-0.2, 0) is 19.0 Å². The Bertz CT molecular complexity index is 390. The number of carbonyl (C=O) groups excluding carboxylic acids is 1. The van der Waals surface area contributed by atoms with Crippen molar-refractivity contribution >= 4 is 5.97 Å². The first-order chi connectivity index (χ1) is 9.31. The zero-order valence-corrected chi connectivity index (χ0v) is 11.2. The molecule has 0 bridgehead atoms. The summed E-state index contributed by atoms with van der Waals surface area (Å²) in [4.78, 5) is 11.3. The van der Waals surface area contributed by atoms with E-state index in [0.29, 0.717) is 13.2 Å². The molecule has 0 amide bonds. The molecule has 104 valence electrons. The Morgan fingerprint density at radius 2 is 2.11 bits per heavy atom. The van der Waals surface area contributed by atoms with Crippen molar-refractivity contribution in [1.82, 2.24) is 0 Å². The fraction of sp³-hybridized carbons (Fsp3) is 0.533. The summed E-state index contributed by atoms with van der Waals surface area (Å²) < 4.78 is 15.8. The molecular formula is C15H20O4. The number of epoxide rings is 1. The van der Waals surface area contributed by atoms with E-state index in [1.807, 2.05) is 30.3 Å². The molecule has 0 aromatic heterocycles. The summed E-state index contributed by atoms with van der Waals surface area (Å²) in [5.41, 5.74) is 1.15. The highest BCUT2D eigenvalue weighted by Gasteiger charge is 2.40. The third kappa shape index (κ3) is 4.65. The van der Waals surface area contributed by atoms with Crippen molar-refractivity contribution < 1.29 is 19.0 Å². The number of unbranched alkanes of at least 4 members (excludes halogenated alkanes) is 1. The van der Waals surface area contributed by atoms with E-state index in [2.05, 4.69) is 6.92 Å². The van der Waals surface area contributed by atoms with Gasteiger partial charge in [0.1, 0.15) is 18.8 Å². The van der Waals surface area contributed by atoms with Crippen LogP contribution in [0.25, 0.3) is 0 Å². The Morgan fingerprint density at radius 3 is 2.84 bits per heavy atom. The van der Waals surface area contributed by atoms with Crippen molar-refractivity contribution in [3.05, 3.63) is 35.9 Å². The predicted molar refractivity (Wildman–Crippen MR) is 70.7 cm³/mol. The maximum atomic E-state index is 11.3. The molecule has 2 rings (SSSR count). The summed E-state index contributed by atoms with van der Waals surface area (Å²) in [5.74, 6) is -0.301. The van der Waals surface area contributed by atoms with E-state index in [1.54, 1.807) is 0 Å². The number of esters is 1. The van der Waals surface area contributed by atoms with Crippen molar-refractivity contribution in [2.24, 2.45) is 0 Å². The third-order valence-corrected chi connectivity index (χ3v) is 2.97. The van der Waals surface area contributed by atoms with Crippen molar-refractivity contribution in [2.75, 3.05) is 19.8 Å². The second kappa shape index (κ2) is 7.26. The molecule has 2 atom stereocenters. The van der Waals surface area contributed by atoms with Crippen LogP contribution in [-0.4, -0.2) is 31.9 Å². The van der Waals surface area contributed by atoms with Gasteiger partial charge in [-0.1, -0.05) is 43.7 Å². The van der Waals surface area contributed by atoms with Crippen molar-refractivity contribution in [3.63, 3.8) is 0 Å². The SMILES string of the molecule is CCCCOC(=O)COC[C@@H]1O[C@H]1c1ccccc1. The van der Waals surface area contributed by atoms with Gasteiger partial charge in [-0.25, -0.2) is 4.79 Å². The molecule has 1 aliphatic heterocycles. The fourth-order valence-corrected chi connectivity index (χ4v) is 1.84. The molecule has 4 nitrogen and oxygen atoms in total. The van der Waals surface area contributed by atoms with Crippen molar-refractivity contribution in [1.29, 1.82) is 0 Å². The van der Waals surface area contributed by atoms with Gasteiger partial charge in [0.05, 0.1) is 13.2 Å². The lowest BCUT2D eigenvalue weighted by molar-refractivity contribution is -0.149. The van der Waals surface area contributed by atoms with E-state index in [1.165, 1.54) is 0 Å². The molecular weight excluding hydrogens is 244 g/mol. The summed E-state index contributed by atoms with van der Waals surface area (Å²) in [6.07, 6.45) is 2.08. The molecule has 0 aliphatic carbocycles. The third-order valence-electron chi connectivity index (χ3n) is 2.97. The van der Waals surface area contributed by atoms with Crippen LogP contribution in [0.3, 0.4) is 0 Å². The van der Waals surface area contributed by atoms with Gasteiger partial charge in [-0.05, 0) is 12.0 Å². The summed E-state index contributed by atoms with van der Waals surface area (Å²) in [6.45, 7) is 2.97. The highest BCUT2D eigenvalue weighted by Crippen LogP contribution is 2.38. The molecule has 1 aromatic carbocycles. The summed E-state index contributed by atoms with van der Waals surface area (Å²) in [7, 11) is 0. The standard InChI is InChI=1S/C15H20O4/c1-2-3-9-18-14(16)11-17-10-13-15(19-13)12-7-5-4-6-8-12/h4-8,13,15H,2-3,9-11H2,1H3/t13-,15-/m0/s1. The highest BCUT2D eigenvalue weighted by atomic mass is 16.6. The maximum absolute atomic E-state index is 11.3. The summed E-state index contributed by atoms with van der Waals surface area (Å²) >= 11 is 0. The monoisotopic (exact) mass is 264 g/mol. The first-order valence-electron chi connectivity index (χ1n) is 6.75. The van der Waals surface area contributed by atoms with Crippen LogP contribution in [0.5, 0.6) is 0 Å². The van der Waals surface area contributed by atoms with Gasteiger partial charge in [-0.3, -0.25) is 0 Å². The molecule has 0 saturated carbocycles. The Balaban J connectivity index is 1.57. The van der Waals surface area contributed by atoms with Crippen LogP contribution < -0.4 is 0 Å². The zero-order chi connectivity index (χ0) is 13.5. The quantitative estimate of drug-likeness (QED) is 0.411. The minimum absolute atomic E-state index is 0.00504. The second-order valence-corrected chi connectivity index (χ2v) is 4.59. The van der Waals surface area contributed by atoms with Gasteiger partial charge in [0.15, 0.2) is 0 Å². The van der Waals surface area contributed by atoms with Crippen LogP contribution in [0, 0.1) is 0 Å². The van der Waals surface area contributed by atoms with Crippen LogP contribution in [0.15, 0.2) is 30.3 Å². The lowest BCUT2D eigenvalue weighted by Crippen LogP contribution is -2.15. The minimum Gasteiger partial charge on any atom is -0.464 e. The lowest BCUT2D eigenvalue weighted by Gasteiger charge is -2.04. The van der Waals surface area contributed by atoms with Crippen LogP contribution >= 0.6 is 0 Å². The molecule has 19 heavy (non-hydrogen) atoms. The first-order valence-corrected chi connectivity index (χ1v) is 6.75. The molecule has 0 radical (unpaired) electrons. The Kier molecular flexibility index (Phi) is 5.36. The molecule has 0 unspecified atom stereocenters. The summed E-state index contributed by atoms with van der Waals surface area (Å²) in [6, 6.07) is 10.0. The van der Waals surface area contributed by atoms with Crippen LogP contribution in [0.2, 0.25) is 0 Å². The number of carbonyl (C=O) groups is 1. The molecule has 1 aromatic rings. The van der Waals surface area contributed by atoms with Gasteiger partial charge in [0, 0.05) is 0 Å². The molecule has 1 heterocycles. The van der Waals surface area contributed by atoms with Gasteiger partial charge < -0.3 is 14.2 Å². The van der Waals surface area contributed by atoms with Crippen molar-refractivity contribution in [2.45, 2.75) is 32.0 Å². The topological polar surface area (TPSA) is 48.1 Å². The van der Waals surface area contributed by atoms with Crippen molar-refractivity contribution in [3.8, 4) is 0 Å². The van der Waals surface area contributed by atoms with Gasteiger partial charge in [0.2, 0.25) is 0 Å².